The lowest BCUT2D eigenvalue weighted by Gasteiger charge is -2.31. The third-order valence-electron chi connectivity index (χ3n) is 2.76. The largest absolute Gasteiger partial charge is 0.371 e. The third kappa shape index (κ3) is 3.11. The van der Waals surface area contributed by atoms with Crippen LogP contribution >= 0.6 is 23.2 Å². The van der Waals surface area contributed by atoms with Crippen molar-refractivity contribution in [3.63, 3.8) is 0 Å². The molecule has 0 radical (unpaired) electrons. The van der Waals surface area contributed by atoms with E-state index in [0.29, 0.717) is 29.7 Å². The van der Waals surface area contributed by atoms with Gasteiger partial charge in [0.25, 0.3) is 0 Å². The van der Waals surface area contributed by atoms with E-state index in [-0.39, 0.29) is 6.10 Å². The Kier molecular flexibility index (Phi) is 4.25. The summed E-state index contributed by atoms with van der Waals surface area (Å²) < 4.78 is 5.68. The Hall–Kier alpha value is -0.790. The maximum absolute atomic E-state index is 8.68. The first-order valence-electron chi connectivity index (χ1n) is 5.36. The summed E-state index contributed by atoms with van der Waals surface area (Å²) >= 11 is 11.8. The van der Waals surface area contributed by atoms with Gasteiger partial charge < -0.3 is 4.74 Å². The average Bonchev–Trinajstić information content (AvgIpc) is 2.33. The molecule has 0 bridgehead atoms. The molecule has 0 N–H and O–H groups in total. The minimum atomic E-state index is -0.0353. The second-order valence-corrected chi connectivity index (χ2v) is 4.74. The number of hydrogen-bond acceptors (Lipinski definition) is 3. The topological polar surface area (TPSA) is 36.3 Å². The monoisotopic (exact) mass is 270 g/mol. The van der Waals surface area contributed by atoms with Crippen molar-refractivity contribution in [2.75, 3.05) is 26.2 Å². The Labute approximate surface area is 110 Å². The van der Waals surface area contributed by atoms with Crippen LogP contribution in [0.4, 0.5) is 0 Å². The van der Waals surface area contributed by atoms with Gasteiger partial charge in [0.05, 0.1) is 35.4 Å². The van der Waals surface area contributed by atoms with Gasteiger partial charge in [0, 0.05) is 13.1 Å². The Morgan fingerprint density at radius 3 is 2.94 bits per heavy atom. The molecule has 1 aliphatic heterocycles. The van der Waals surface area contributed by atoms with Crippen molar-refractivity contribution < 1.29 is 4.74 Å². The second-order valence-electron chi connectivity index (χ2n) is 3.93. The fourth-order valence-corrected chi connectivity index (χ4v) is 2.17. The molecule has 1 heterocycles. The molecule has 1 fully saturated rings. The van der Waals surface area contributed by atoms with E-state index in [1.54, 1.807) is 6.07 Å². The van der Waals surface area contributed by atoms with Gasteiger partial charge in [0.2, 0.25) is 0 Å². The molecule has 1 atom stereocenters. The molecule has 0 spiro atoms. The molecule has 1 aliphatic rings. The fourth-order valence-electron chi connectivity index (χ4n) is 1.86. The van der Waals surface area contributed by atoms with Crippen LogP contribution in [0.3, 0.4) is 0 Å². The first-order valence-corrected chi connectivity index (χ1v) is 6.12. The molecular weight excluding hydrogens is 259 g/mol. The maximum atomic E-state index is 8.68. The number of rotatable bonds is 2. The van der Waals surface area contributed by atoms with E-state index in [4.69, 9.17) is 33.2 Å². The lowest BCUT2D eigenvalue weighted by atomic mass is 10.1. The van der Waals surface area contributed by atoms with E-state index in [1.807, 2.05) is 12.1 Å². The number of benzene rings is 1. The van der Waals surface area contributed by atoms with E-state index in [0.717, 1.165) is 12.1 Å². The summed E-state index contributed by atoms with van der Waals surface area (Å²) in [5.41, 5.74) is 1.00. The Morgan fingerprint density at radius 1 is 1.41 bits per heavy atom. The van der Waals surface area contributed by atoms with Gasteiger partial charge in [-0.1, -0.05) is 29.3 Å². The van der Waals surface area contributed by atoms with Crippen LogP contribution in [-0.2, 0) is 4.74 Å². The molecule has 3 nitrogen and oxygen atoms in total. The maximum Gasteiger partial charge on any atom is 0.0953 e. The molecule has 0 saturated carbocycles. The number of nitrogens with zero attached hydrogens (tertiary/aromatic N) is 2. The zero-order chi connectivity index (χ0) is 12.3. The summed E-state index contributed by atoms with van der Waals surface area (Å²) in [6.45, 7) is 2.57. The minimum absolute atomic E-state index is 0.0353. The summed E-state index contributed by atoms with van der Waals surface area (Å²) in [6.07, 6.45) is -0.0353. The highest BCUT2D eigenvalue weighted by Crippen LogP contribution is 2.28. The first kappa shape index (κ1) is 12.7. The fraction of sp³-hybridized carbons (Fsp3) is 0.417. The highest BCUT2D eigenvalue weighted by Gasteiger charge is 2.22. The zero-order valence-electron chi connectivity index (χ0n) is 9.20. The first-order chi connectivity index (χ1) is 8.20. The van der Waals surface area contributed by atoms with Crippen LogP contribution < -0.4 is 0 Å². The summed E-state index contributed by atoms with van der Waals surface area (Å²) in [5.74, 6) is 0. The number of ether oxygens (including phenoxy) is 1. The third-order valence-corrected chi connectivity index (χ3v) is 3.50. The lowest BCUT2D eigenvalue weighted by molar-refractivity contribution is -0.0255. The number of hydrogen-bond donors (Lipinski definition) is 0. The Morgan fingerprint density at radius 2 is 2.24 bits per heavy atom. The van der Waals surface area contributed by atoms with Crippen LogP contribution in [0.2, 0.25) is 10.0 Å². The van der Waals surface area contributed by atoms with Crippen LogP contribution in [0.15, 0.2) is 18.2 Å². The van der Waals surface area contributed by atoms with Crippen molar-refractivity contribution in [2.24, 2.45) is 0 Å². The average molecular weight is 271 g/mol. The zero-order valence-corrected chi connectivity index (χ0v) is 10.7. The molecule has 90 valence electrons. The quantitative estimate of drug-likeness (QED) is 0.776. The number of morpholine rings is 1. The van der Waals surface area contributed by atoms with Gasteiger partial charge in [-0.15, -0.1) is 0 Å². The lowest BCUT2D eigenvalue weighted by Crippen LogP contribution is -2.38. The van der Waals surface area contributed by atoms with Gasteiger partial charge in [-0.2, -0.15) is 5.26 Å². The number of halogens is 2. The summed E-state index contributed by atoms with van der Waals surface area (Å²) in [7, 11) is 0. The van der Waals surface area contributed by atoms with Crippen molar-refractivity contribution in [1.29, 1.82) is 5.26 Å². The van der Waals surface area contributed by atoms with Gasteiger partial charge >= 0.3 is 0 Å². The van der Waals surface area contributed by atoms with Crippen LogP contribution in [0.25, 0.3) is 0 Å². The normalized spacial score (nSPS) is 21.1. The molecular formula is C12H12Cl2N2O. The molecule has 1 unspecified atom stereocenters. The van der Waals surface area contributed by atoms with Crippen LogP contribution in [0, 0.1) is 11.3 Å². The highest BCUT2D eigenvalue weighted by molar-refractivity contribution is 6.42. The molecule has 1 saturated heterocycles. The SMILES string of the molecule is N#CCN1CCOC(c2ccc(Cl)c(Cl)c2)C1. The Balaban J connectivity index is 2.11. The Bertz CT molecular complexity index is 445. The summed E-state index contributed by atoms with van der Waals surface area (Å²) in [5, 5.41) is 9.76. The van der Waals surface area contributed by atoms with Crippen LogP contribution in [-0.4, -0.2) is 31.1 Å². The highest BCUT2D eigenvalue weighted by atomic mass is 35.5. The summed E-state index contributed by atoms with van der Waals surface area (Å²) in [6, 6.07) is 7.66. The number of nitriles is 1. The molecule has 5 heteroatoms. The molecule has 0 aliphatic carbocycles. The van der Waals surface area contributed by atoms with Gasteiger partial charge in [-0.25, -0.2) is 0 Å². The van der Waals surface area contributed by atoms with E-state index in [1.165, 1.54) is 0 Å². The molecule has 1 aromatic rings. The van der Waals surface area contributed by atoms with E-state index < -0.39 is 0 Å². The van der Waals surface area contributed by atoms with Gasteiger partial charge in [-0.3, -0.25) is 4.90 Å². The molecule has 1 aromatic carbocycles. The van der Waals surface area contributed by atoms with Crippen molar-refractivity contribution in [3.8, 4) is 6.07 Å². The summed E-state index contributed by atoms with van der Waals surface area (Å²) in [4.78, 5) is 2.07. The van der Waals surface area contributed by atoms with Gasteiger partial charge in [0.15, 0.2) is 0 Å². The van der Waals surface area contributed by atoms with Crippen molar-refractivity contribution in [1.82, 2.24) is 4.90 Å². The van der Waals surface area contributed by atoms with Crippen molar-refractivity contribution >= 4 is 23.2 Å². The smallest absolute Gasteiger partial charge is 0.0953 e. The van der Waals surface area contributed by atoms with Crippen LogP contribution in [0.1, 0.15) is 11.7 Å². The molecule has 0 amide bonds. The predicted octanol–water partition coefficient (Wildman–Crippen LogP) is 2.89. The molecule has 2 rings (SSSR count). The van der Waals surface area contributed by atoms with E-state index in [9.17, 15) is 0 Å². The molecule has 0 aromatic heterocycles. The van der Waals surface area contributed by atoms with Crippen molar-refractivity contribution in [2.45, 2.75) is 6.10 Å². The van der Waals surface area contributed by atoms with Gasteiger partial charge in [-0.05, 0) is 17.7 Å². The second kappa shape index (κ2) is 5.70. The van der Waals surface area contributed by atoms with Crippen LogP contribution in [0.5, 0.6) is 0 Å². The molecule has 17 heavy (non-hydrogen) atoms. The van der Waals surface area contributed by atoms with Crippen molar-refractivity contribution in [3.05, 3.63) is 33.8 Å². The van der Waals surface area contributed by atoms with Gasteiger partial charge in [0.1, 0.15) is 0 Å². The standard InChI is InChI=1S/C12H12Cl2N2O/c13-10-2-1-9(7-11(10)14)12-8-16(4-3-15)5-6-17-12/h1-2,7,12H,4-6,8H2. The predicted molar refractivity (Wildman–Crippen MR) is 67.2 cm³/mol. The van der Waals surface area contributed by atoms with E-state index in [2.05, 4.69) is 11.0 Å². The van der Waals surface area contributed by atoms with E-state index >= 15 is 0 Å². The minimum Gasteiger partial charge on any atom is -0.371 e.